The van der Waals surface area contributed by atoms with E-state index in [0.29, 0.717) is 5.82 Å². The molecule has 0 unspecified atom stereocenters. The monoisotopic (exact) mass is 235 g/mol. The van der Waals surface area contributed by atoms with Gasteiger partial charge in [0.25, 0.3) is 0 Å². The number of nitrogens with zero attached hydrogens (tertiary/aromatic N) is 1. The summed E-state index contributed by atoms with van der Waals surface area (Å²) in [5.74, 6) is 0.560. The van der Waals surface area contributed by atoms with Gasteiger partial charge in [-0.15, -0.1) is 0 Å². The van der Waals surface area contributed by atoms with Crippen molar-refractivity contribution in [1.29, 1.82) is 0 Å². The minimum absolute atomic E-state index is 0.560. The maximum atomic E-state index is 5.90. The van der Waals surface area contributed by atoms with Gasteiger partial charge in [-0.25, -0.2) is 4.98 Å². The van der Waals surface area contributed by atoms with E-state index in [0.717, 1.165) is 27.6 Å². The van der Waals surface area contributed by atoms with Gasteiger partial charge in [0.05, 0.1) is 0 Å². The van der Waals surface area contributed by atoms with Crippen molar-refractivity contribution < 1.29 is 0 Å². The second-order valence-corrected chi connectivity index (χ2v) is 4.25. The van der Waals surface area contributed by atoms with E-state index in [1.165, 1.54) is 0 Å². The summed E-state index contributed by atoms with van der Waals surface area (Å²) < 4.78 is 0. The molecule has 0 atom stereocenters. The fourth-order valence-corrected chi connectivity index (χ4v) is 2.05. The molecule has 2 aromatic carbocycles. The van der Waals surface area contributed by atoms with Crippen LogP contribution in [0.15, 0.2) is 54.7 Å². The van der Waals surface area contributed by atoms with E-state index in [2.05, 4.69) is 23.2 Å². The van der Waals surface area contributed by atoms with E-state index in [1.807, 2.05) is 30.3 Å². The lowest BCUT2D eigenvalue weighted by Gasteiger charge is -2.06. The summed E-state index contributed by atoms with van der Waals surface area (Å²) in [4.78, 5) is 4.11. The average molecular weight is 235 g/mol. The summed E-state index contributed by atoms with van der Waals surface area (Å²) in [6.45, 7) is 0. The molecular weight excluding hydrogens is 222 g/mol. The van der Waals surface area contributed by atoms with E-state index in [1.54, 1.807) is 6.20 Å². The molecule has 0 spiro atoms. The normalized spacial score (nSPS) is 10.7. The zero-order valence-electron chi connectivity index (χ0n) is 9.80. The second-order valence-electron chi connectivity index (χ2n) is 4.25. The third kappa shape index (κ3) is 1.76. The van der Waals surface area contributed by atoms with Gasteiger partial charge in [-0.2, -0.15) is 0 Å². The average Bonchev–Trinajstić information content (AvgIpc) is 2.40. The Balaban J connectivity index is 2.18. The lowest BCUT2D eigenvalue weighted by molar-refractivity contribution is 1.37. The summed E-state index contributed by atoms with van der Waals surface area (Å²) in [6.07, 6.45) is 1.72. The SMILES string of the molecule is Nc1ccc(-c2ccc3ccnc(N)c3c2)cc1. The lowest BCUT2D eigenvalue weighted by atomic mass is 10.0. The van der Waals surface area contributed by atoms with Crippen molar-refractivity contribution >= 4 is 22.3 Å². The van der Waals surface area contributed by atoms with Gasteiger partial charge >= 0.3 is 0 Å². The first kappa shape index (κ1) is 10.6. The third-order valence-corrected chi connectivity index (χ3v) is 3.04. The van der Waals surface area contributed by atoms with Crippen molar-refractivity contribution in [3.05, 3.63) is 54.7 Å². The van der Waals surface area contributed by atoms with Crippen LogP contribution in [0.5, 0.6) is 0 Å². The van der Waals surface area contributed by atoms with Gasteiger partial charge in [-0.3, -0.25) is 0 Å². The molecule has 3 heteroatoms. The Hall–Kier alpha value is -2.55. The summed E-state index contributed by atoms with van der Waals surface area (Å²) in [7, 11) is 0. The maximum absolute atomic E-state index is 5.90. The Morgan fingerprint density at radius 1 is 0.778 bits per heavy atom. The van der Waals surface area contributed by atoms with Gasteiger partial charge in [-0.05, 0) is 40.8 Å². The first-order chi connectivity index (χ1) is 8.74. The minimum Gasteiger partial charge on any atom is -0.399 e. The van der Waals surface area contributed by atoms with Gasteiger partial charge < -0.3 is 11.5 Å². The molecule has 1 aromatic heterocycles. The van der Waals surface area contributed by atoms with Crippen LogP contribution in [0.4, 0.5) is 11.5 Å². The molecule has 4 N–H and O–H groups in total. The molecule has 0 fully saturated rings. The molecule has 18 heavy (non-hydrogen) atoms. The molecule has 3 nitrogen and oxygen atoms in total. The largest absolute Gasteiger partial charge is 0.399 e. The number of aromatic nitrogens is 1. The van der Waals surface area contributed by atoms with Crippen LogP contribution in [0.1, 0.15) is 0 Å². The lowest BCUT2D eigenvalue weighted by Crippen LogP contribution is -1.91. The molecule has 0 aliphatic rings. The van der Waals surface area contributed by atoms with E-state index < -0.39 is 0 Å². The molecule has 0 saturated carbocycles. The predicted molar refractivity (Wildman–Crippen MR) is 76.0 cm³/mol. The molecule has 0 aliphatic carbocycles. The zero-order chi connectivity index (χ0) is 12.5. The van der Waals surface area contributed by atoms with Crippen LogP contribution in [-0.2, 0) is 0 Å². The Morgan fingerprint density at radius 2 is 1.50 bits per heavy atom. The molecule has 0 bridgehead atoms. The smallest absolute Gasteiger partial charge is 0.131 e. The van der Waals surface area contributed by atoms with E-state index in [9.17, 15) is 0 Å². The van der Waals surface area contributed by atoms with Crippen LogP contribution >= 0.6 is 0 Å². The van der Waals surface area contributed by atoms with Gasteiger partial charge in [-0.1, -0.05) is 24.3 Å². The fourth-order valence-electron chi connectivity index (χ4n) is 2.05. The van der Waals surface area contributed by atoms with Crippen LogP contribution in [0.3, 0.4) is 0 Å². The maximum Gasteiger partial charge on any atom is 0.131 e. The predicted octanol–water partition coefficient (Wildman–Crippen LogP) is 3.07. The Bertz CT molecular complexity index is 703. The van der Waals surface area contributed by atoms with Gasteiger partial charge in [0.15, 0.2) is 0 Å². The number of pyridine rings is 1. The highest BCUT2D eigenvalue weighted by Gasteiger charge is 2.02. The van der Waals surface area contributed by atoms with Crippen molar-refractivity contribution in [2.45, 2.75) is 0 Å². The Morgan fingerprint density at radius 3 is 2.28 bits per heavy atom. The fraction of sp³-hybridized carbons (Fsp3) is 0. The number of benzene rings is 2. The number of rotatable bonds is 1. The van der Waals surface area contributed by atoms with Crippen LogP contribution in [0.25, 0.3) is 21.9 Å². The van der Waals surface area contributed by atoms with Crippen LogP contribution < -0.4 is 11.5 Å². The number of nitrogen functional groups attached to an aromatic ring is 2. The zero-order valence-corrected chi connectivity index (χ0v) is 9.80. The van der Waals surface area contributed by atoms with Gasteiger partial charge in [0.2, 0.25) is 0 Å². The van der Waals surface area contributed by atoms with E-state index >= 15 is 0 Å². The Kier molecular flexibility index (Phi) is 2.38. The number of fused-ring (bicyclic) bond motifs is 1. The summed E-state index contributed by atoms with van der Waals surface area (Å²) >= 11 is 0. The molecule has 0 radical (unpaired) electrons. The van der Waals surface area contributed by atoms with Crippen molar-refractivity contribution in [3.63, 3.8) is 0 Å². The highest BCUT2D eigenvalue weighted by atomic mass is 14.8. The van der Waals surface area contributed by atoms with Crippen LogP contribution in [-0.4, -0.2) is 4.98 Å². The summed E-state index contributed by atoms with van der Waals surface area (Å²) in [6, 6.07) is 15.9. The molecule has 0 aliphatic heterocycles. The Labute approximate surface area is 105 Å². The highest BCUT2D eigenvalue weighted by Crippen LogP contribution is 2.27. The first-order valence-corrected chi connectivity index (χ1v) is 5.74. The number of anilines is 2. The number of hydrogen-bond acceptors (Lipinski definition) is 3. The van der Waals surface area contributed by atoms with Crippen molar-refractivity contribution in [2.75, 3.05) is 11.5 Å². The summed E-state index contributed by atoms with van der Waals surface area (Å²) in [5, 5.41) is 2.08. The van der Waals surface area contributed by atoms with Crippen LogP contribution in [0.2, 0.25) is 0 Å². The van der Waals surface area contributed by atoms with Gasteiger partial charge in [0.1, 0.15) is 5.82 Å². The second kappa shape index (κ2) is 4.04. The first-order valence-electron chi connectivity index (χ1n) is 5.74. The standard InChI is InChI=1S/C15H13N3/c16-13-5-3-10(4-6-13)12-2-1-11-7-8-18-15(17)14(11)9-12/h1-9H,16H2,(H2,17,18). The van der Waals surface area contributed by atoms with Crippen molar-refractivity contribution in [2.24, 2.45) is 0 Å². The minimum atomic E-state index is 0.560. The van der Waals surface area contributed by atoms with Crippen molar-refractivity contribution in [1.82, 2.24) is 4.98 Å². The number of hydrogen-bond donors (Lipinski definition) is 2. The highest BCUT2D eigenvalue weighted by molar-refractivity contribution is 5.94. The van der Waals surface area contributed by atoms with Gasteiger partial charge in [0, 0.05) is 17.3 Å². The molecular formula is C15H13N3. The molecule has 0 saturated heterocycles. The molecule has 0 amide bonds. The summed E-state index contributed by atoms with van der Waals surface area (Å²) in [5.41, 5.74) is 14.6. The van der Waals surface area contributed by atoms with Crippen molar-refractivity contribution in [3.8, 4) is 11.1 Å². The molecule has 3 aromatic rings. The quantitative estimate of drug-likeness (QED) is 0.637. The van der Waals surface area contributed by atoms with E-state index in [-0.39, 0.29) is 0 Å². The van der Waals surface area contributed by atoms with Crippen LogP contribution in [0, 0.1) is 0 Å². The van der Waals surface area contributed by atoms with E-state index in [4.69, 9.17) is 11.5 Å². The third-order valence-electron chi connectivity index (χ3n) is 3.04. The number of nitrogens with two attached hydrogens (primary N) is 2. The molecule has 3 rings (SSSR count). The molecule has 88 valence electrons. The topological polar surface area (TPSA) is 64.9 Å². The molecule has 1 heterocycles.